The third kappa shape index (κ3) is 2.13. The van der Waals surface area contributed by atoms with Gasteiger partial charge in [-0.05, 0) is 18.6 Å². The zero-order valence-electron chi connectivity index (χ0n) is 10.6. The maximum Gasteiger partial charge on any atom is 0.211 e. The van der Waals surface area contributed by atoms with Gasteiger partial charge in [-0.15, -0.1) is 0 Å². The number of carbonyl (C=O) groups is 1. The molecular weight excluding hydrogens is 234 g/mol. The Balaban J connectivity index is 2.11. The molecule has 0 saturated carbocycles. The van der Waals surface area contributed by atoms with E-state index >= 15 is 0 Å². The summed E-state index contributed by atoms with van der Waals surface area (Å²) in [4.78, 5) is 16.8. The highest BCUT2D eigenvalue weighted by Crippen LogP contribution is 2.18. The van der Waals surface area contributed by atoms with E-state index in [1.807, 2.05) is 61.5 Å². The van der Waals surface area contributed by atoms with Gasteiger partial charge in [0.1, 0.15) is 5.69 Å². The summed E-state index contributed by atoms with van der Waals surface area (Å²) >= 11 is 0. The second kappa shape index (κ2) is 4.65. The molecule has 1 aromatic heterocycles. The molecule has 2 nitrogen and oxygen atoms in total. The normalized spacial score (nSPS) is 10.6. The van der Waals surface area contributed by atoms with Gasteiger partial charge in [-0.3, -0.25) is 4.79 Å². The van der Waals surface area contributed by atoms with Crippen molar-refractivity contribution < 1.29 is 4.79 Å². The minimum absolute atomic E-state index is 0.0363. The molecule has 0 saturated heterocycles. The summed E-state index contributed by atoms with van der Waals surface area (Å²) in [6.07, 6.45) is 0. The first-order chi connectivity index (χ1) is 9.25. The van der Waals surface area contributed by atoms with Gasteiger partial charge in [-0.2, -0.15) is 0 Å². The minimum atomic E-state index is -0.0363. The minimum Gasteiger partial charge on any atom is -0.287 e. The van der Waals surface area contributed by atoms with E-state index < -0.39 is 0 Å². The first-order valence-corrected chi connectivity index (χ1v) is 6.22. The van der Waals surface area contributed by atoms with Crippen molar-refractivity contribution in [2.75, 3.05) is 0 Å². The Bertz CT molecular complexity index is 748. The van der Waals surface area contributed by atoms with Crippen molar-refractivity contribution in [1.29, 1.82) is 0 Å². The van der Waals surface area contributed by atoms with Crippen LogP contribution in [0, 0.1) is 6.92 Å². The van der Waals surface area contributed by atoms with E-state index in [-0.39, 0.29) is 5.78 Å². The van der Waals surface area contributed by atoms with Gasteiger partial charge in [0.05, 0.1) is 5.52 Å². The third-order valence-electron chi connectivity index (χ3n) is 3.19. The lowest BCUT2D eigenvalue weighted by molar-refractivity contribution is 0.103. The second-order valence-corrected chi connectivity index (χ2v) is 4.54. The summed E-state index contributed by atoms with van der Waals surface area (Å²) in [5.74, 6) is -0.0363. The Hall–Kier alpha value is -2.48. The Morgan fingerprint density at radius 2 is 1.68 bits per heavy atom. The molecule has 0 fully saturated rings. The lowest BCUT2D eigenvalue weighted by atomic mass is 10.1. The summed E-state index contributed by atoms with van der Waals surface area (Å²) in [5, 5.41) is 1.06. The molecule has 0 aliphatic carbocycles. The highest BCUT2D eigenvalue weighted by Gasteiger charge is 2.11. The van der Waals surface area contributed by atoms with Crippen LogP contribution in [0.1, 0.15) is 21.6 Å². The number of carbonyl (C=O) groups excluding carboxylic acids is 1. The Morgan fingerprint density at radius 3 is 2.47 bits per heavy atom. The fraction of sp³-hybridized carbons (Fsp3) is 0.0588. The highest BCUT2D eigenvalue weighted by atomic mass is 16.1. The molecule has 0 aliphatic heterocycles. The largest absolute Gasteiger partial charge is 0.287 e. The number of rotatable bonds is 2. The second-order valence-electron chi connectivity index (χ2n) is 4.54. The van der Waals surface area contributed by atoms with Crippen LogP contribution in [0.15, 0.2) is 60.7 Å². The van der Waals surface area contributed by atoms with Crippen molar-refractivity contribution in [2.45, 2.75) is 6.92 Å². The smallest absolute Gasteiger partial charge is 0.211 e. The predicted octanol–water partition coefficient (Wildman–Crippen LogP) is 3.77. The number of nitrogens with zero attached hydrogens (tertiary/aromatic N) is 1. The van der Waals surface area contributed by atoms with Crippen LogP contribution < -0.4 is 0 Å². The number of pyridine rings is 1. The van der Waals surface area contributed by atoms with Crippen LogP contribution in [0.2, 0.25) is 0 Å². The van der Waals surface area contributed by atoms with Gasteiger partial charge in [0.15, 0.2) is 0 Å². The lowest BCUT2D eigenvalue weighted by Crippen LogP contribution is -2.04. The standard InChI is InChI=1S/C17H13NO/c1-12-6-5-9-13-10-11-15(18-16(12)13)17(19)14-7-3-2-4-8-14/h2-11H,1H3. The van der Waals surface area contributed by atoms with Gasteiger partial charge in [0, 0.05) is 10.9 Å². The maximum atomic E-state index is 12.3. The van der Waals surface area contributed by atoms with Crippen molar-refractivity contribution in [2.24, 2.45) is 0 Å². The van der Waals surface area contributed by atoms with Crippen LogP contribution in [-0.4, -0.2) is 10.8 Å². The summed E-state index contributed by atoms with van der Waals surface area (Å²) in [7, 11) is 0. The monoisotopic (exact) mass is 247 g/mol. The first-order valence-electron chi connectivity index (χ1n) is 6.22. The molecule has 2 heteroatoms. The molecule has 0 spiro atoms. The number of hydrogen-bond acceptors (Lipinski definition) is 2. The fourth-order valence-corrected chi connectivity index (χ4v) is 2.16. The van der Waals surface area contributed by atoms with Crippen LogP contribution in [0.3, 0.4) is 0 Å². The average molecular weight is 247 g/mol. The number of fused-ring (bicyclic) bond motifs is 1. The predicted molar refractivity (Wildman–Crippen MR) is 76.4 cm³/mol. The average Bonchev–Trinajstić information content (AvgIpc) is 2.47. The number of ketones is 1. The van der Waals surface area contributed by atoms with Gasteiger partial charge in [0.2, 0.25) is 5.78 Å². The number of aromatic nitrogens is 1. The van der Waals surface area contributed by atoms with Crippen molar-refractivity contribution in [3.63, 3.8) is 0 Å². The molecule has 1 heterocycles. The molecule has 92 valence electrons. The van der Waals surface area contributed by atoms with Crippen LogP contribution in [-0.2, 0) is 0 Å². The SMILES string of the molecule is Cc1cccc2ccc(C(=O)c3ccccc3)nc12. The van der Waals surface area contributed by atoms with E-state index in [0.29, 0.717) is 11.3 Å². The van der Waals surface area contributed by atoms with Crippen molar-refractivity contribution in [1.82, 2.24) is 4.98 Å². The van der Waals surface area contributed by atoms with E-state index in [9.17, 15) is 4.79 Å². The summed E-state index contributed by atoms with van der Waals surface area (Å²) in [6.45, 7) is 2.01. The Kier molecular flexibility index (Phi) is 2.84. The van der Waals surface area contributed by atoms with E-state index in [0.717, 1.165) is 16.5 Å². The van der Waals surface area contributed by atoms with Crippen molar-refractivity contribution >= 4 is 16.7 Å². The molecule has 0 atom stereocenters. The van der Waals surface area contributed by atoms with Crippen LogP contribution >= 0.6 is 0 Å². The molecule has 0 aliphatic rings. The Labute approximate surface area is 111 Å². The van der Waals surface area contributed by atoms with Gasteiger partial charge in [0.25, 0.3) is 0 Å². The molecule has 19 heavy (non-hydrogen) atoms. The fourth-order valence-electron chi connectivity index (χ4n) is 2.16. The molecular formula is C17H13NO. The van der Waals surface area contributed by atoms with Gasteiger partial charge >= 0.3 is 0 Å². The van der Waals surface area contributed by atoms with Gasteiger partial charge < -0.3 is 0 Å². The first kappa shape index (κ1) is 11.6. The number of para-hydroxylation sites is 1. The zero-order chi connectivity index (χ0) is 13.2. The molecule has 3 aromatic rings. The summed E-state index contributed by atoms with van der Waals surface area (Å²) in [6, 6.07) is 19.0. The van der Waals surface area contributed by atoms with Crippen LogP contribution in [0.4, 0.5) is 0 Å². The summed E-state index contributed by atoms with van der Waals surface area (Å²) < 4.78 is 0. The molecule has 0 unspecified atom stereocenters. The van der Waals surface area contributed by atoms with E-state index in [2.05, 4.69) is 4.98 Å². The van der Waals surface area contributed by atoms with Crippen molar-refractivity contribution in [3.8, 4) is 0 Å². The Morgan fingerprint density at radius 1 is 0.895 bits per heavy atom. The topological polar surface area (TPSA) is 30.0 Å². The highest BCUT2D eigenvalue weighted by molar-refractivity contribution is 6.08. The quantitative estimate of drug-likeness (QED) is 0.645. The van der Waals surface area contributed by atoms with E-state index in [4.69, 9.17) is 0 Å². The third-order valence-corrected chi connectivity index (χ3v) is 3.19. The van der Waals surface area contributed by atoms with Gasteiger partial charge in [-0.25, -0.2) is 4.98 Å². The zero-order valence-corrected chi connectivity index (χ0v) is 10.6. The molecule has 0 N–H and O–H groups in total. The van der Waals surface area contributed by atoms with Crippen LogP contribution in [0.5, 0.6) is 0 Å². The number of aryl methyl sites for hydroxylation is 1. The van der Waals surface area contributed by atoms with Gasteiger partial charge in [-0.1, -0.05) is 54.6 Å². The molecule has 0 bridgehead atoms. The van der Waals surface area contributed by atoms with E-state index in [1.54, 1.807) is 6.07 Å². The number of benzene rings is 2. The maximum absolute atomic E-state index is 12.3. The molecule has 3 rings (SSSR count). The molecule has 0 amide bonds. The van der Waals surface area contributed by atoms with Crippen molar-refractivity contribution in [3.05, 3.63) is 77.5 Å². The molecule has 2 aromatic carbocycles. The lowest BCUT2D eigenvalue weighted by Gasteiger charge is -2.04. The number of hydrogen-bond donors (Lipinski definition) is 0. The molecule has 0 radical (unpaired) electrons. The van der Waals surface area contributed by atoms with E-state index in [1.165, 1.54) is 0 Å². The van der Waals surface area contributed by atoms with Crippen LogP contribution in [0.25, 0.3) is 10.9 Å². The summed E-state index contributed by atoms with van der Waals surface area (Å²) in [5.41, 5.74) is 3.14.